The lowest BCUT2D eigenvalue weighted by atomic mass is 9.87. The maximum Gasteiger partial charge on any atom is 0.223 e. The Hall–Kier alpha value is -1.75. The van der Waals surface area contributed by atoms with Crippen LogP contribution in [-0.2, 0) is 5.41 Å². The lowest BCUT2D eigenvalue weighted by Crippen LogP contribution is -2.26. The second kappa shape index (κ2) is 5.27. The van der Waals surface area contributed by atoms with Gasteiger partial charge in [-0.15, -0.1) is 0 Å². The van der Waals surface area contributed by atoms with Gasteiger partial charge in [-0.05, 0) is 23.1 Å². The summed E-state index contributed by atoms with van der Waals surface area (Å²) in [5, 5.41) is 0.497. The number of hydrogen-bond acceptors (Lipinski definition) is 1. The van der Waals surface area contributed by atoms with Crippen molar-refractivity contribution in [2.24, 2.45) is 27.2 Å². The van der Waals surface area contributed by atoms with Crippen LogP contribution in [0.3, 0.4) is 0 Å². The standard InChI is InChI=1S/C12H18ClN5/c1-12(2,3)7-4-5-8(13)9(6-7)17-11(16)18-10(14)15/h4-6H,1-3H3,(H6,14,15,16,17,18). The van der Waals surface area contributed by atoms with Gasteiger partial charge in [0.2, 0.25) is 5.96 Å². The smallest absolute Gasteiger partial charge is 0.223 e. The van der Waals surface area contributed by atoms with E-state index < -0.39 is 0 Å². The molecule has 0 unspecified atom stereocenters. The Morgan fingerprint density at radius 3 is 2.28 bits per heavy atom. The zero-order chi connectivity index (χ0) is 13.9. The van der Waals surface area contributed by atoms with Gasteiger partial charge in [0, 0.05) is 0 Å². The Morgan fingerprint density at radius 1 is 1.17 bits per heavy atom. The molecule has 5 nitrogen and oxygen atoms in total. The van der Waals surface area contributed by atoms with E-state index in [4.69, 9.17) is 28.8 Å². The normalized spacial score (nSPS) is 12.3. The first-order chi connectivity index (χ1) is 8.20. The van der Waals surface area contributed by atoms with Crippen molar-refractivity contribution in [2.75, 3.05) is 0 Å². The molecule has 0 radical (unpaired) electrons. The molecule has 6 N–H and O–H groups in total. The van der Waals surface area contributed by atoms with Gasteiger partial charge in [-0.1, -0.05) is 38.4 Å². The summed E-state index contributed by atoms with van der Waals surface area (Å²) < 4.78 is 0. The molecule has 0 bridgehead atoms. The molecule has 0 spiro atoms. The highest BCUT2D eigenvalue weighted by atomic mass is 35.5. The summed E-state index contributed by atoms with van der Waals surface area (Å²) in [6.07, 6.45) is 0. The molecular formula is C12H18ClN5. The molecule has 0 saturated carbocycles. The minimum absolute atomic E-state index is 0.000214. The number of hydrogen-bond donors (Lipinski definition) is 3. The van der Waals surface area contributed by atoms with E-state index in [9.17, 15) is 0 Å². The number of nitrogens with two attached hydrogens (primary N) is 3. The fourth-order valence-electron chi connectivity index (χ4n) is 1.35. The van der Waals surface area contributed by atoms with Gasteiger partial charge < -0.3 is 17.2 Å². The molecule has 0 aliphatic carbocycles. The van der Waals surface area contributed by atoms with Crippen LogP contribution in [0.15, 0.2) is 28.2 Å². The average Bonchev–Trinajstić information content (AvgIpc) is 2.18. The monoisotopic (exact) mass is 267 g/mol. The Morgan fingerprint density at radius 2 is 1.78 bits per heavy atom. The van der Waals surface area contributed by atoms with E-state index in [0.717, 1.165) is 5.56 Å². The van der Waals surface area contributed by atoms with Gasteiger partial charge in [-0.3, -0.25) is 0 Å². The zero-order valence-electron chi connectivity index (χ0n) is 10.7. The Bertz CT molecular complexity index is 496. The number of nitrogens with zero attached hydrogens (tertiary/aromatic N) is 2. The molecule has 0 heterocycles. The van der Waals surface area contributed by atoms with Crippen LogP contribution in [0.1, 0.15) is 26.3 Å². The quantitative estimate of drug-likeness (QED) is 0.534. The maximum atomic E-state index is 6.05. The van der Waals surface area contributed by atoms with E-state index >= 15 is 0 Å². The first-order valence-electron chi connectivity index (χ1n) is 5.44. The van der Waals surface area contributed by atoms with Crippen molar-refractivity contribution in [3.8, 4) is 0 Å². The molecule has 1 rings (SSSR count). The molecule has 18 heavy (non-hydrogen) atoms. The Labute approximate surface area is 112 Å². The Balaban J connectivity index is 3.21. The molecule has 1 aromatic rings. The molecular weight excluding hydrogens is 250 g/mol. The topological polar surface area (TPSA) is 103 Å². The van der Waals surface area contributed by atoms with Crippen LogP contribution in [-0.4, -0.2) is 11.9 Å². The molecule has 0 amide bonds. The predicted octanol–water partition coefficient (Wildman–Crippen LogP) is 1.86. The van der Waals surface area contributed by atoms with Gasteiger partial charge in [0.25, 0.3) is 0 Å². The van der Waals surface area contributed by atoms with Gasteiger partial charge in [0.15, 0.2) is 5.96 Å². The number of guanidine groups is 2. The summed E-state index contributed by atoms with van der Waals surface area (Å²) in [5.41, 5.74) is 17.7. The molecule has 6 heteroatoms. The van der Waals surface area contributed by atoms with E-state index in [1.165, 1.54) is 0 Å². The number of rotatable bonds is 1. The summed E-state index contributed by atoms with van der Waals surface area (Å²) in [5.74, 6) is -0.165. The van der Waals surface area contributed by atoms with Gasteiger partial charge in [0.05, 0.1) is 10.7 Å². The predicted molar refractivity (Wildman–Crippen MR) is 77.2 cm³/mol. The molecule has 0 aliphatic rings. The minimum atomic E-state index is -0.139. The van der Waals surface area contributed by atoms with Crippen molar-refractivity contribution in [3.63, 3.8) is 0 Å². The largest absolute Gasteiger partial charge is 0.370 e. The third-order valence-electron chi connectivity index (χ3n) is 2.29. The van der Waals surface area contributed by atoms with Gasteiger partial charge in [-0.2, -0.15) is 4.99 Å². The maximum absolute atomic E-state index is 6.05. The van der Waals surface area contributed by atoms with E-state index in [0.29, 0.717) is 10.7 Å². The van der Waals surface area contributed by atoms with E-state index in [1.54, 1.807) is 6.07 Å². The minimum Gasteiger partial charge on any atom is -0.370 e. The second-order valence-corrected chi connectivity index (χ2v) is 5.33. The van der Waals surface area contributed by atoms with Crippen molar-refractivity contribution >= 4 is 29.2 Å². The van der Waals surface area contributed by atoms with Crippen molar-refractivity contribution in [1.82, 2.24) is 0 Å². The number of aliphatic imine (C=N–C) groups is 2. The number of halogens is 1. The third kappa shape index (κ3) is 3.92. The zero-order valence-corrected chi connectivity index (χ0v) is 11.5. The molecule has 0 saturated heterocycles. The van der Waals surface area contributed by atoms with Crippen molar-refractivity contribution in [2.45, 2.75) is 26.2 Å². The van der Waals surface area contributed by atoms with Crippen LogP contribution in [0, 0.1) is 0 Å². The van der Waals surface area contributed by atoms with E-state index in [-0.39, 0.29) is 17.3 Å². The van der Waals surface area contributed by atoms with Crippen LogP contribution < -0.4 is 17.2 Å². The summed E-state index contributed by atoms with van der Waals surface area (Å²) >= 11 is 6.05. The fourth-order valence-corrected chi connectivity index (χ4v) is 1.51. The lowest BCUT2D eigenvalue weighted by molar-refractivity contribution is 0.590. The van der Waals surface area contributed by atoms with Gasteiger partial charge in [-0.25, -0.2) is 4.99 Å². The van der Waals surface area contributed by atoms with Crippen molar-refractivity contribution in [3.05, 3.63) is 28.8 Å². The highest BCUT2D eigenvalue weighted by Gasteiger charge is 2.15. The van der Waals surface area contributed by atoms with Gasteiger partial charge >= 0.3 is 0 Å². The summed E-state index contributed by atoms with van der Waals surface area (Å²) in [7, 11) is 0. The molecule has 0 aliphatic heterocycles. The fraction of sp³-hybridized carbons (Fsp3) is 0.333. The molecule has 0 fully saturated rings. The number of benzene rings is 1. The van der Waals surface area contributed by atoms with Crippen LogP contribution in [0.4, 0.5) is 5.69 Å². The highest BCUT2D eigenvalue weighted by Crippen LogP contribution is 2.31. The van der Waals surface area contributed by atoms with Gasteiger partial charge in [0.1, 0.15) is 0 Å². The van der Waals surface area contributed by atoms with Crippen molar-refractivity contribution in [1.29, 1.82) is 0 Å². The van der Waals surface area contributed by atoms with E-state index in [2.05, 4.69) is 30.8 Å². The highest BCUT2D eigenvalue weighted by molar-refractivity contribution is 6.33. The van der Waals surface area contributed by atoms with E-state index in [1.807, 2.05) is 12.1 Å². The third-order valence-corrected chi connectivity index (χ3v) is 2.61. The molecule has 0 aromatic heterocycles. The summed E-state index contributed by atoms with van der Waals surface area (Å²) in [6, 6.07) is 5.61. The molecule has 1 aromatic carbocycles. The van der Waals surface area contributed by atoms with Crippen LogP contribution in [0.25, 0.3) is 0 Å². The molecule has 98 valence electrons. The van der Waals surface area contributed by atoms with Crippen LogP contribution >= 0.6 is 11.6 Å². The SMILES string of the molecule is CC(C)(C)c1ccc(Cl)c(N=C(N)N=C(N)N)c1. The van der Waals surface area contributed by atoms with Crippen LogP contribution in [0.2, 0.25) is 5.02 Å². The molecule has 0 atom stereocenters. The summed E-state index contributed by atoms with van der Waals surface area (Å²) in [6.45, 7) is 6.30. The first kappa shape index (κ1) is 14.3. The first-order valence-corrected chi connectivity index (χ1v) is 5.82. The van der Waals surface area contributed by atoms with Crippen molar-refractivity contribution < 1.29 is 0 Å². The second-order valence-electron chi connectivity index (χ2n) is 4.92. The average molecular weight is 268 g/mol. The lowest BCUT2D eigenvalue weighted by Gasteiger charge is -2.19. The summed E-state index contributed by atoms with van der Waals surface area (Å²) in [4.78, 5) is 7.73. The van der Waals surface area contributed by atoms with Crippen LogP contribution in [0.5, 0.6) is 0 Å². The Kier molecular flexibility index (Phi) is 4.19.